The van der Waals surface area contributed by atoms with Crippen molar-refractivity contribution in [3.63, 3.8) is 0 Å². The Bertz CT molecular complexity index is 1250. The van der Waals surface area contributed by atoms with E-state index in [4.69, 9.17) is 17.3 Å². The first-order chi connectivity index (χ1) is 17.9. The van der Waals surface area contributed by atoms with E-state index in [9.17, 15) is 9.59 Å². The lowest BCUT2D eigenvalue weighted by Crippen LogP contribution is -2.55. The van der Waals surface area contributed by atoms with Crippen molar-refractivity contribution in [2.75, 3.05) is 32.7 Å². The lowest BCUT2D eigenvalue weighted by Gasteiger charge is -2.44. The summed E-state index contributed by atoms with van der Waals surface area (Å²) in [6, 6.07) is 18.2. The number of amides is 3. The fraction of sp³-hybridized carbons (Fsp3) is 0.414. The van der Waals surface area contributed by atoms with Gasteiger partial charge in [-0.15, -0.1) is 0 Å². The summed E-state index contributed by atoms with van der Waals surface area (Å²) in [5.74, 6) is 0.514. The highest BCUT2D eigenvalue weighted by Gasteiger charge is 2.34. The highest BCUT2D eigenvalue weighted by atomic mass is 35.5. The van der Waals surface area contributed by atoms with Gasteiger partial charge >= 0.3 is 6.03 Å². The predicted octanol–water partition coefficient (Wildman–Crippen LogP) is 4.69. The Hall–Kier alpha value is -3.16. The zero-order chi connectivity index (χ0) is 25.9. The van der Waals surface area contributed by atoms with E-state index < -0.39 is 0 Å². The van der Waals surface area contributed by atoms with E-state index in [0.29, 0.717) is 37.0 Å². The number of hydrogen-bond donors (Lipinski definition) is 1. The van der Waals surface area contributed by atoms with Crippen molar-refractivity contribution in [3.8, 4) is 0 Å². The predicted molar refractivity (Wildman–Crippen MR) is 146 cm³/mol. The van der Waals surface area contributed by atoms with E-state index >= 15 is 0 Å². The van der Waals surface area contributed by atoms with Crippen molar-refractivity contribution in [2.24, 2.45) is 11.7 Å². The number of hydrogen-bond acceptors (Lipinski definition) is 4. The maximum atomic E-state index is 13.3. The second kappa shape index (κ2) is 11.1. The summed E-state index contributed by atoms with van der Waals surface area (Å²) in [5.41, 5.74) is 8.77. The van der Waals surface area contributed by atoms with Gasteiger partial charge in [-0.1, -0.05) is 41.9 Å². The number of urea groups is 1. The minimum absolute atomic E-state index is 0.0306. The standard InChI is InChI=1S/C29H34ClN5O2/c1-20-19-34(16-17-35(20)27(36)18-21-11-14-33(15-12-21)29(31)37)28(22-6-8-23(30)9-7-22)25-10-13-32-26-5-3-2-4-24(25)26/h2-10,13,20-21,28H,11-12,14-19H2,1H3,(H2,31,37). The molecule has 3 heterocycles. The third-order valence-corrected chi connectivity index (χ3v) is 8.15. The maximum absolute atomic E-state index is 13.3. The summed E-state index contributed by atoms with van der Waals surface area (Å²) in [6.07, 6.45) is 4.08. The van der Waals surface area contributed by atoms with Gasteiger partial charge in [-0.25, -0.2) is 4.79 Å². The van der Waals surface area contributed by atoms with Crippen molar-refractivity contribution >= 4 is 34.4 Å². The van der Waals surface area contributed by atoms with Crippen LogP contribution in [0.4, 0.5) is 4.79 Å². The van der Waals surface area contributed by atoms with E-state index in [1.54, 1.807) is 4.90 Å². The molecule has 2 unspecified atom stereocenters. The number of rotatable bonds is 5. The van der Waals surface area contributed by atoms with E-state index in [0.717, 1.165) is 36.8 Å². The first-order valence-electron chi connectivity index (χ1n) is 13.1. The summed E-state index contributed by atoms with van der Waals surface area (Å²) in [6.45, 7) is 5.66. The van der Waals surface area contributed by atoms with Gasteiger partial charge in [0.15, 0.2) is 0 Å². The van der Waals surface area contributed by atoms with Gasteiger partial charge in [0.1, 0.15) is 0 Å². The molecule has 3 aromatic rings. The van der Waals surface area contributed by atoms with Crippen LogP contribution in [-0.2, 0) is 4.79 Å². The van der Waals surface area contributed by atoms with Gasteiger partial charge in [0, 0.05) is 61.8 Å². The minimum Gasteiger partial charge on any atom is -0.351 e. The number of primary amides is 1. The van der Waals surface area contributed by atoms with E-state index in [2.05, 4.69) is 47.1 Å². The van der Waals surface area contributed by atoms with Crippen LogP contribution in [0, 0.1) is 5.92 Å². The Kier molecular flexibility index (Phi) is 7.63. The smallest absolute Gasteiger partial charge is 0.314 e. The number of likely N-dealkylation sites (tertiary alicyclic amines) is 1. The molecule has 0 aliphatic carbocycles. The normalized spacial score (nSPS) is 20.2. The van der Waals surface area contributed by atoms with Gasteiger partial charge in [0.25, 0.3) is 0 Å². The van der Waals surface area contributed by atoms with E-state index in [-0.39, 0.29) is 24.0 Å². The largest absolute Gasteiger partial charge is 0.351 e. The zero-order valence-corrected chi connectivity index (χ0v) is 22.0. The minimum atomic E-state index is -0.369. The Balaban J connectivity index is 1.33. The van der Waals surface area contributed by atoms with Crippen LogP contribution in [0.2, 0.25) is 5.02 Å². The van der Waals surface area contributed by atoms with Crippen LogP contribution in [0.15, 0.2) is 60.8 Å². The van der Waals surface area contributed by atoms with Crippen molar-refractivity contribution < 1.29 is 9.59 Å². The molecule has 7 nitrogen and oxygen atoms in total. The number of nitrogens with two attached hydrogens (primary N) is 1. The third-order valence-electron chi connectivity index (χ3n) is 7.90. The molecule has 2 aromatic carbocycles. The summed E-state index contributed by atoms with van der Waals surface area (Å²) in [5, 5.41) is 1.85. The third kappa shape index (κ3) is 5.58. The summed E-state index contributed by atoms with van der Waals surface area (Å²) < 4.78 is 0. The van der Waals surface area contributed by atoms with Crippen molar-refractivity contribution in [3.05, 3.63) is 76.9 Å². The molecule has 2 atom stereocenters. The first kappa shape index (κ1) is 25.5. The topological polar surface area (TPSA) is 82.8 Å². The van der Waals surface area contributed by atoms with Gasteiger partial charge in [-0.2, -0.15) is 0 Å². The van der Waals surface area contributed by atoms with Crippen molar-refractivity contribution in [2.45, 2.75) is 38.3 Å². The van der Waals surface area contributed by atoms with Crippen LogP contribution in [0.3, 0.4) is 0 Å². The molecule has 2 aliphatic rings. The second-order valence-electron chi connectivity index (χ2n) is 10.3. The van der Waals surface area contributed by atoms with Crippen LogP contribution >= 0.6 is 11.6 Å². The SMILES string of the molecule is CC1CN(C(c2ccc(Cl)cc2)c2ccnc3ccccc23)CCN1C(=O)CC1CCN(C(N)=O)CC1. The molecule has 8 heteroatoms. The highest BCUT2D eigenvalue weighted by molar-refractivity contribution is 6.30. The first-order valence-corrected chi connectivity index (χ1v) is 13.5. The molecule has 1 aromatic heterocycles. The number of piperazine rings is 1. The second-order valence-corrected chi connectivity index (χ2v) is 10.7. The van der Waals surface area contributed by atoms with Crippen LogP contribution in [-0.4, -0.2) is 70.4 Å². The Morgan fingerprint density at radius 1 is 1.03 bits per heavy atom. The lowest BCUT2D eigenvalue weighted by molar-refractivity contribution is -0.137. The number of halogens is 1. The molecule has 2 fully saturated rings. The van der Waals surface area contributed by atoms with Crippen LogP contribution < -0.4 is 5.73 Å². The van der Waals surface area contributed by atoms with Gasteiger partial charge in [0.05, 0.1) is 11.6 Å². The molecule has 2 N–H and O–H groups in total. The fourth-order valence-electron chi connectivity index (χ4n) is 5.90. The van der Waals surface area contributed by atoms with E-state index in [1.165, 1.54) is 11.1 Å². The molecule has 5 rings (SSSR count). The van der Waals surface area contributed by atoms with Crippen LogP contribution in [0.25, 0.3) is 10.9 Å². The number of carbonyl (C=O) groups is 2. The van der Waals surface area contributed by atoms with Gasteiger partial charge < -0.3 is 15.5 Å². The number of benzene rings is 2. The van der Waals surface area contributed by atoms with Crippen LogP contribution in [0.1, 0.15) is 43.4 Å². The summed E-state index contributed by atoms with van der Waals surface area (Å²) in [4.78, 5) is 35.5. The summed E-state index contributed by atoms with van der Waals surface area (Å²) in [7, 11) is 0. The summed E-state index contributed by atoms with van der Waals surface area (Å²) >= 11 is 6.23. The Morgan fingerprint density at radius 2 is 1.76 bits per heavy atom. The maximum Gasteiger partial charge on any atom is 0.314 e. The van der Waals surface area contributed by atoms with Gasteiger partial charge in [0.2, 0.25) is 5.91 Å². The number of carbonyl (C=O) groups excluding carboxylic acids is 2. The molecule has 0 saturated carbocycles. The highest BCUT2D eigenvalue weighted by Crippen LogP contribution is 2.35. The Labute approximate surface area is 223 Å². The molecule has 194 valence electrons. The molecule has 0 radical (unpaired) electrons. The number of aromatic nitrogens is 1. The molecule has 37 heavy (non-hydrogen) atoms. The molecule has 3 amide bonds. The zero-order valence-electron chi connectivity index (χ0n) is 21.2. The molecule has 2 aliphatic heterocycles. The monoisotopic (exact) mass is 519 g/mol. The van der Waals surface area contributed by atoms with Gasteiger partial charge in [-0.3, -0.25) is 14.7 Å². The van der Waals surface area contributed by atoms with Crippen molar-refractivity contribution in [1.29, 1.82) is 0 Å². The lowest BCUT2D eigenvalue weighted by atomic mass is 9.91. The van der Waals surface area contributed by atoms with Crippen molar-refractivity contribution in [1.82, 2.24) is 19.7 Å². The number of fused-ring (bicyclic) bond motifs is 1. The number of para-hydroxylation sites is 1. The average molecular weight is 520 g/mol. The van der Waals surface area contributed by atoms with Gasteiger partial charge in [-0.05, 0) is 61.1 Å². The van der Waals surface area contributed by atoms with E-state index in [1.807, 2.05) is 35.4 Å². The number of pyridine rings is 1. The average Bonchev–Trinajstić information content (AvgIpc) is 2.90. The van der Waals surface area contributed by atoms with Crippen LogP contribution in [0.5, 0.6) is 0 Å². The fourth-order valence-corrected chi connectivity index (χ4v) is 6.03. The molecule has 0 bridgehead atoms. The molecular formula is C29H34ClN5O2. The quantitative estimate of drug-likeness (QED) is 0.530. The number of nitrogens with zero attached hydrogens (tertiary/aromatic N) is 4. The Morgan fingerprint density at radius 3 is 2.46 bits per heavy atom. The number of piperidine rings is 1. The molecule has 0 spiro atoms. The molecule has 2 saturated heterocycles. The molecular weight excluding hydrogens is 486 g/mol.